The molecule has 3 N–H and O–H groups in total. The zero-order chi connectivity index (χ0) is 30.5. The molecule has 0 aliphatic carbocycles. The van der Waals surface area contributed by atoms with E-state index in [2.05, 4.69) is 17.6 Å². The number of nitrogens with one attached hydrogen (secondary N) is 2. The first-order chi connectivity index (χ1) is 19.6. The van der Waals surface area contributed by atoms with E-state index in [-0.39, 0.29) is 23.7 Å². The third-order valence-electron chi connectivity index (χ3n) is 6.71. The minimum atomic E-state index is -1.43. The van der Waals surface area contributed by atoms with E-state index in [0.29, 0.717) is 6.42 Å². The van der Waals surface area contributed by atoms with Crippen LogP contribution in [0.2, 0.25) is 0 Å². The van der Waals surface area contributed by atoms with Gasteiger partial charge in [0, 0.05) is 18.6 Å². The highest BCUT2D eigenvalue weighted by molar-refractivity contribution is 6.53. The largest absolute Gasteiger partial charge is 0.462 e. The molecule has 0 saturated carbocycles. The molecule has 0 spiro atoms. The van der Waals surface area contributed by atoms with Crippen LogP contribution in [0, 0.1) is 10.1 Å². The first-order valence-electron chi connectivity index (χ1n) is 14.6. The predicted octanol–water partition coefficient (Wildman–Crippen LogP) is 6.06. The number of aliphatic hydroxyl groups is 1. The van der Waals surface area contributed by atoms with Gasteiger partial charge in [0.1, 0.15) is 19.3 Å². The van der Waals surface area contributed by atoms with Gasteiger partial charge in [-0.2, -0.15) is 0 Å². The number of carbonyl (C=O) groups is 3. The Morgan fingerprint density at radius 3 is 1.90 bits per heavy atom. The number of halogens is 2. The van der Waals surface area contributed by atoms with Crippen LogP contribution < -0.4 is 10.6 Å². The van der Waals surface area contributed by atoms with Gasteiger partial charge in [0.05, 0.1) is 11.0 Å². The Morgan fingerprint density at radius 2 is 1.41 bits per heavy atom. The first kappa shape index (κ1) is 36.6. The normalized spacial score (nSPS) is 12.5. The Balaban J connectivity index is 2.29. The number of unbranched alkanes of at least 4 members (excludes halogenated alkanes) is 12. The predicted molar refractivity (Wildman–Crippen MR) is 160 cm³/mol. The maximum atomic E-state index is 12.2. The summed E-state index contributed by atoms with van der Waals surface area (Å²) in [6.07, 6.45) is 14.7. The van der Waals surface area contributed by atoms with Gasteiger partial charge in [-0.25, -0.2) is 0 Å². The van der Waals surface area contributed by atoms with Crippen molar-refractivity contribution in [1.82, 2.24) is 10.6 Å². The van der Waals surface area contributed by atoms with Crippen LogP contribution in [0.15, 0.2) is 24.3 Å². The highest BCUT2D eigenvalue weighted by Crippen LogP contribution is 2.21. The fourth-order valence-electron chi connectivity index (χ4n) is 4.28. The molecule has 0 heterocycles. The molecule has 1 aromatic carbocycles. The molecule has 0 aliphatic heterocycles. The summed E-state index contributed by atoms with van der Waals surface area (Å²) in [5.74, 6) is -1.83. The minimum Gasteiger partial charge on any atom is -0.462 e. The lowest BCUT2D eigenvalue weighted by molar-refractivity contribution is -0.384. The quantitative estimate of drug-likeness (QED) is 0.0444. The summed E-state index contributed by atoms with van der Waals surface area (Å²) in [5, 5.41) is 26.5. The van der Waals surface area contributed by atoms with Crippen molar-refractivity contribution in [3.8, 4) is 0 Å². The van der Waals surface area contributed by atoms with Gasteiger partial charge in [0.25, 0.3) is 11.6 Å². The van der Waals surface area contributed by atoms with Crippen LogP contribution in [0.25, 0.3) is 0 Å². The lowest BCUT2D eigenvalue weighted by Gasteiger charge is -2.24. The minimum absolute atomic E-state index is 0.177. The highest BCUT2D eigenvalue weighted by atomic mass is 35.5. The number of ether oxygens (including phenoxy) is 1. The molecule has 2 atom stereocenters. The van der Waals surface area contributed by atoms with Crippen LogP contribution in [0.3, 0.4) is 0 Å². The molecule has 0 aliphatic rings. The van der Waals surface area contributed by atoms with Crippen LogP contribution in [0.5, 0.6) is 0 Å². The summed E-state index contributed by atoms with van der Waals surface area (Å²) in [4.78, 5) is 45.1. The average Bonchev–Trinajstić information content (AvgIpc) is 2.95. The molecule has 2 amide bonds. The van der Waals surface area contributed by atoms with Crippen LogP contribution >= 0.6 is 23.2 Å². The number of alkyl halides is 2. The molecule has 1 rings (SSSR count). The number of aliphatic hydroxyl groups excluding tert-OH is 1. The molecular weight excluding hydrogens is 573 g/mol. The van der Waals surface area contributed by atoms with E-state index in [1.165, 1.54) is 88.5 Å². The molecule has 0 bridgehead atoms. The number of nitro benzene ring substituents is 1. The standard InChI is InChI=1S/C29H45Cl2N3O7/c1-2-3-4-5-6-7-8-9-10-11-12-13-14-15-25(35)32-20-26(36)41-21-24(33-29(38)28(30)31)27(37)22-16-18-23(19-17-22)34(39)40/h16-19,24,27-28,37H,2-15,20-21H2,1H3,(H,32,35)(H,33,38)/t24-,27-/m1/s1. The monoisotopic (exact) mass is 617 g/mol. The number of rotatable bonds is 23. The lowest BCUT2D eigenvalue weighted by Crippen LogP contribution is -2.45. The second-order valence-electron chi connectivity index (χ2n) is 10.2. The maximum absolute atomic E-state index is 12.2. The van der Waals surface area contributed by atoms with Gasteiger partial charge in [0.2, 0.25) is 5.91 Å². The number of amides is 2. The van der Waals surface area contributed by atoms with Crippen LogP contribution in [-0.2, 0) is 19.1 Å². The summed E-state index contributed by atoms with van der Waals surface area (Å²) >= 11 is 11.2. The molecule has 0 unspecified atom stereocenters. The molecule has 0 aromatic heterocycles. The number of nitrogens with zero attached hydrogens (tertiary/aromatic N) is 1. The molecule has 0 saturated heterocycles. The molecule has 0 fully saturated rings. The number of esters is 1. The molecule has 232 valence electrons. The van der Waals surface area contributed by atoms with Crippen LogP contribution in [0.1, 0.15) is 108 Å². The van der Waals surface area contributed by atoms with Gasteiger partial charge in [-0.05, 0) is 24.1 Å². The van der Waals surface area contributed by atoms with Crippen LogP contribution in [-0.4, -0.2) is 51.8 Å². The van der Waals surface area contributed by atoms with E-state index in [1.54, 1.807) is 0 Å². The van der Waals surface area contributed by atoms with Crippen molar-refractivity contribution in [3.63, 3.8) is 0 Å². The lowest BCUT2D eigenvalue weighted by atomic mass is 10.0. The van der Waals surface area contributed by atoms with Gasteiger partial charge >= 0.3 is 5.97 Å². The van der Waals surface area contributed by atoms with E-state index >= 15 is 0 Å². The Kier molecular flexibility index (Phi) is 19.8. The number of benzene rings is 1. The average molecular weight is 619 g/mol. The van der Waals surface area contributed by atoms with Crippen molar-refractivity contribution in [2.24, 2.45) is 0 Å². The zero-order valence-electron chi connectivity index (χ0n) is 24.0. The van der Waals surface area contributed by atoms with E-state index in [1.807, 2.05) is 0 Å². The van der Waals surface area contributed by atoms with Gasteiger partial charge in [-0.1, -0.05) is 107 Å². The summed E-state index contributed by atoms with van der Waals surface area (Å²) < 4.78 is 5.14. The van der Waals surface area contributed by atoms with Crippen LogP contribution in [0.4, 0.5) is 5.69 Å². The van der Waals surface area contributed by atoms with Crippen molar-refractivity contribution >= 4 is 46.7 Å². The molecular formula is C29H45Cl2N3O7. The van der Waals surface area contributed by atoms with Gasteiger partial charge in [0.15, 0.2) is 4.84 Å². The topological polar surface area (TPSA) is 148 Å². The third kappa shape index (κ3) is 17.2. The summed E-state index contributed by atoms with van der Waals surface area (Å²) in [6, 6.07) is 3.89. The maximum Gasteiger partial charge on any atom is 0.325 e. The number of hydrogen-bond donors (Lipinski definition) is 3. The Morgan fingerprint density at radius 1 is 0.902 bits per heavy atom. The number of hydrogen-bond acceptors (Lipinski definition) is 7. The smallest absolute Gasteiger partial charge is 0.325 e. The van der Waals surface area contributed by atoms with Gasteiger partial charge in [-0.15, -0.1) is 0 Å². The Bertz CT molecular complexity index is 916. The van der Waals surface area contributed by atoms with Crippen molar-refractivity contribution in [2.45, 2.75) is 114 Å². The van der Waals surface area contributed by atoms with Gasteiger partial charge < -0.3 is 20.5 Å². The zero-order valence-corrected chi connectivity index (χ0v) is 25.5. The summed E-state index contributed by atoms with van der Waals surface area (Å²) in [5.41, 5.74) is 0.0628. The Labute approximate surface area is 253 Å². The Hall–Kier alpha value is -2.43. The van der Waals surface area contributed by atoms with E-state index < -0.39 is 40.4 Å². The van der Waals surface area contributed by atoms with E-state index in [0.717, 1.165) is 19.3 Å². The highest BCUT2D eigenvalue weighted by Gasteiger charge is 2.27. The first-order valence-corrected chi connectivity index (χ1v) is 15.5. The second-order valence-corrected chi connectivity index (χ2v) is 11.3. The SMILES string of the molecule is CCCCCCCCCCCCCCCC(=O)NCC(=O)OC[C@@H](NC(=O)C(Cl)Cl)[C@H](O)c1ccc([N+](=O)[O-])cc1. The van der Waals surface area contributed by atoms with Crippen molar-refractivity contribution in [2.75, 3.05) is 13.2 Å². The molecule has 1 aromatic rings. The number of carbonyl (C=O) groups excluding carboxylic acids is 3. The fourth-order valence-corrected chi connectivity index (χ4v) is 4.41. The number of non-ortho nitro benzene ring substituents is 1. The third-order valence-corrected chi connectivity index (χ3v) is 7.11. The molecule has 41 heavy (non-hydrogen) atoms. The van der Waals surface area contributed by atoms with Crippen molar-refractivity contribution < 1.29 is 29.2 Å². The van der Waals surface area contributed by atoms with E-state index in [4.69, 9.17) is 27.9 Å². The molecule has 10 nitrogen and oxygen atoms in total. The second kappa shape index (κ2) is 22.2. The molecule has 12 heteroatoms. The molecule has 0 radical (unpaired) electrons. The summed E-state index contributed by atoms with van der Waals surface area (Å²) in [6.45, 7) is 1.42. The van der Waals surface area contributed by atoms with E-state index in [9.17, 15) is 29.6 Å². The van der Waals surface area contributed by atoms with Crippen molar-refractivity contribution in [3.05, 3.63) is 39.9 Å². The fraction of sp³-hybridized carbons (Fsp3) is 0.690. The van der Waals surface area contributed by atoms with Gasteiger partial charge in [-0.3, -0.25) is 24.5 Å². The van der Waals surface area contributed by atoms with Crippen molar-refractivity contribution in [1.29, 1.82) is 0 Å². The number of nitro groups is 1. The summed E-state index contributed by atoms with van der Waals surface area (Å²) in [7, 11) is 0.